The van der Waals surface area contributed by atoms with Gasteiger partial charge in [0.05, 0.1) is 11.4 Å². The number of nitrogens with one attached hydrogen (secondary N) is 1. The zero-order valence-corrected chi connectivity index (χ0v) is 11.3. The zero-order chi connectivity index (χ0) is 13.6. The van der Waals surface area contributed by atoms with Crippen LogP contribution in [-0.4, -0.2) is 23.9 Å². The van der Waals surface area contributed by atoms with Crippen LogP contribution in [0, 0.1) is 0 Å². The van der Waals surface area contributed by atoms with Crippen LogP contribution in [0.5, 0.6) is 0 Å². The molecule has 0 saturated carbocycles. The van der Waals surface area contributed by atoms with Gasteiger partial charge in [-0.3, -0.25) is 9.59 Å². The first-order chi connectivity index (χ1) is 8.99. The van der Waals surface area contributed by atoms with Crippen LogP contribution in [0.4, 0.5) is 5.69 Å². The van der Waals surface area contributed by atoms with E-state index >= 15 is 0 Å². The third kappa shape index (κ3) is 2.05. The predicted octanol–water partition coefficient (Wildman–Crippen LogP) is 2.59. The summed E-state index contributed by atoms with van der Waals surface area (Å²) in [6.07, 6.45) is 1.88. The van der Waals surface area contributed by atoms with Crippen molar-refractivity contribution >= 4 is 29.0 Å². The number of hydrogen-bond acceptors (Lipinski definition) is 3. The van der Waals surface area contributed by atoms with E-state index in [0.29, 0.717) is 35.7 Å². The Kier molecular flexibility index (Phi) is 2.87. The number of halogens is 1. The van der Waals surface area contributed by atoms with Crippen LogP contribution >= 0.6 is 11.6 Å². The quantitative estimate of drug-likeness (QED) is 0.847. The molecule has 4 nitrogen and oxygen atoms in total. The molecule has 1 aromatic rings. The van der Waals surface area contributed by atoms with Gasteiger partial charge < -0.3 is 10.1 Å². The molecule has 1 atom stereocenters. The molecule has 19 heavy (non-hydrogen) atoms. The van der Waals surface area contributed by atoms with Crippen LogP contribution in [0.15, 0.2) is 12.1 Å². The second-order valence-corrected chi connectivity index (χ2v) is 5.63. The molecule has 0 radical (unpaired) electrons. The first kappa shape index (κ1) is 12.6. The molecular formula is C14H14ClNO3. The average molecular weight is 280 g/mol. The van der Waals surface area contributed by atoms with E-state index in [2.05, 4.69) is 5.32 Å². The molecule has 0 spiro atoms. The van der Waals surface area contributed by atoms with Gasteiger partial charge in [0.1, 0.15) is 5.60 Å². The fourth-order valence-electron chi connectivity index (χ4n) is 2.67. The molecule has 1 fully saturated rings. The van der Waals surface area contributed by atoms with Crippen LogP contribution in [0.1, 0.15) is 35.7 Å². The highest BCUT2D eigenvalue weighted by Gasteiger charge is 2.39. The lowest BCUT2D eigenvalue weighted by Crippen LogP contribution is -2.34. The van der Waals surface area contributed by atoms with Gasteiger partial charge in [-0.2, -0.15) is 0 Å². The van der Waals surface area contributed by atoms with Gasteiger partial charge in [0.25, 0.3) is 0 Å². The van der Waals surface area contributed by atoms with Crippen molar-refractivity contribution in [2.24, 2.45) is 0 Å². The summed E-state index contributed by atoms with van der Waals surface area (Å²) in [7, 11) is 0. The number of ether oxygens (including phenoxy) is 1. The molecule has 2 aliphatic heterocycles. The van der Waals surface area contributed by atoms with Gasteiger partial charge >= 0.3 is 0 Å². The molecule has 1 N–H and O–H groups in total. The van der Waals surface area contributed by atoms with E-state index in [-0.39, 0.29) is 11.7 Å². The molecule has 2 heterocycles. The lowest BCUT2D eigenvalue weighted by atomic mass is 9.91. The number of anilines is 1. The Morgan fingerprint density at radius 2 is 2.26 bits per heavy atom. The lowest BCUT2D eigenvalue weighted by molar-refractivity contribution is -0.115. The molecule has 1 unspecified atom stereocenters. The molecule has 0 aromatic heterocycles. The monoisotopic (exact) mass is 279 g/mol. The summed E-state index contributed by atoms with van der Waals surface area (Å²) in [6, 6.07) is 3.36. The average Bonchev–Trinajstić information content (AvgIpc) is 2.93. The van der Waals surface area contributed by atoms with Crippen LogP contribution < -0.4 is 5.32 Å². The maximum Gasteiger partial charge on any atom is 0.228 e. The van der Waals surface area contributed by atoms with Gasteiger partial charge in [0, 0.05) is 17.9 Å². The van der Waals surface area contributed by atoms with Crippen molar-refractivity contribution in [2.75, 3.05) is 11.9 Å². The van der Waals surface area contributed by atoms with Gasteiger partial charge in [-0.25, -0.2) is 0 Å². The van der Waals surface area contributed by atoms with E-state index in [1.807, 2.05) is 0 Å². The van der Waals surface area contributed by atoms with Crippen molar-refractivity contribution in [3.8, 4) is 0 Å². The van der Waals surface area contributed by atoms with E-state index in [0.717, 1.165) is 12.0 Å². The summed E-state index contributed by atoms with van der Waals surface area (Å²) in [5.74, 6) is -0.170. The Morgan fingerprint density at radius 3 is 2.95 bits per heavy atom. The van der Waals surface area contributed by atoms with Gasteiger partial charge in [0.2, 0.25) is 5.91 Å². The smallest absolute Gasteiger partial charge is 0.228 e. The molecule has 1 amide bonds. The summed E-state index contributed by atoms with van der Waals surface area (Å²) in [5, 5.41) is 3.08. The first-order valence-electron chi connectivity index (χ1n) is 6.31. The highest BCUT2D eigenvalue weighted by molar-refractivity contribution is 6.35. The van der Waals surface area contributed by atoms with Crippen molar-refractivity contribution in [1.29, 1.82) is 0 Å². The number of Topliss-reactive ketones (excluding diaryl/α,β-unsaturated/α-hetero) is 1. The molecule has 2 aliphatic rings. The Balaban J connectivity index is 2.00. The maximum atomic E-state index is 12.6. The Hall–Kier alpha value is -1.39. The van der Waals surface area contributed by atoms with E-state index in [1.54, 1.807) is 19.1 Å². The topological polar surface area (TPSA) is 55.4 Å². The molecular weight excluding hydrogens is 266 g/mol. The normalized spacial score (nSPS) is 25.3. The molecule has 0 aliphatic carbocycles. The van der Waals surface area contributed by atoms with Crippen molar-refractivity contribution in [2.45, 2.75) is 31.8 Å². The first-order valence-corrected chi connectivity index (χ1v) is 6.68. The number of hydrogen-bond donors (Lipinski definition) is 1. The van der Waals surface area contributed by atoms with Crippen LogP contribution in [-0.2, 0) is 16.0 Å². The molecule has 0 bridgehead atoms. The standard InChI is InChI=1S/C14H14ClNO3/c1-14(3-2-4-19-14)13(18)9-5-8-6-12(17)16-11(8)7-10(9)15/h5,7H,2-4,6H2,1H3,(H,16,17). The second kappa shape index (κ2) is 4.32. The van der Waals surface area contributed by atoms with Gasteiger partial charge in [0.15, 0.2) is 5.78 Å². The summed E-state index contributed by atoms with van der Waals surface area (Å²) in [5.41, 5.74) is 1.18. The number of benzene rings is 1. The summed E-state index contributed by atoms with van der Waals surface area (Å²) < 4.78 is 5.56. The third-order valence-electron chi connectivity index (χ3n) is 3.76. The lowest BCUT2D eigenvalue weighted by Gasteiger charge is -2.22. The number of amides is 1. The minimum atomic E-state index is -0.784. The van der Waals surface area contributed by atoms with Crippen molar-refractivity contribution in [1.82, 2.24) is 0 Å². The van der Waals surface area contributed by atoms with Crippen LogP contribution in [0.2, 0.25) is 5.02 Å². The van der Waals surface area contributed by atoms with Crippen molar-refractivity contribution in [3.05, 3.63) is 28.3 Å². The largest absolute Gasteiger partial charge is 0.367 e. The Labute approximate surface area is 116 Å². The summed E-state index contributed by atoms with van der Waals surface area (Å²) >= 11 is 6.16. The highest BCUT2D eigenvalue weighted by Crippen LogP contribution is 2.35. The second-order valence-electron chi connectivity index (χ2n) is 5.23. The fourth-order valence-corrected chi connectivity index (χ4v) is 2.91. The van der Waals surface area contributed by atoms with Crippen LogP contribution in [0.25, 0.3) is 0 Å². The zero-order valence-electron chi connectivity index (χ0n) is 10.6. The number of rotatable bonds is 2. The van der Waals surface area contributed by atoms with Crippen LogP contribution in [0.3, 0.4) is 0 Å². The predicted molar refractivity (Wildman–Crippen MR) is 71.7 cm³/mol. The Morgan fingerprint density at radius 1 is 1.47 bits per heavy atom. The SMILES string of the molecule is CC1(C(=O)c2cc3c(cc2Cl)NC(=O)C3)CCCO1. The number of carbonyl (C=O) groups is 2. The maximum absolute atomic E-state index is 12.6. The number of fused-ring (bicyclic) bond motifs is 1. The number of carbonyl (C=O) groups excluding carboxylic acids is 2. The van der Waals surface area contributed by atoms with Crippen molar-refractivity contribution < 1.29 is 14.3 Å². The number of ketones is 1. The summed E-state index contributed by atoms with van der Waals surface area (Å²) in [4.78, 5) is 23.9. The Bertz CT molecular complexity index is 576. The van der Waals surface area contributed by atoms with E-state index in [1.165, 1.54) is 0 Å². The van der Waals surface area contributed by atoms with Gasteiger partial charge in [-0.15, -0.1) is 0 Å². The minimum Gasteiger partial charge on any atom is -0.367 e. The molecule has 1 aromatic carbocycles. The molecule has 3 rings (SSSR count). The van der Waals surface area contributed by atoms with Gasteiger partial charge in [-0.05, 0) is 37.5 Å². The molecule has 1 saturated heterocycles. The van der Waals surface area contributed by atoms with E-state index in [4.69, 9.17) is 16.3 Å². The molecule has 5 heteroatoms. The van der Waals surface area contributed by atoms with Gasteiger partial charge in [-0.1, -0.05) is 11.6 Å². The molecule has 100 valence electrons. The van der Waals surface area contributed by atoms with Crippen molar-refractivity contribution in [3.63, 3.8) is 0 Å². The highest BCUT2D eigenvalue weighted by atomic mass is 35.5. The van der Waals surface area contributed by atoms with E-state index in [9.17, 15) is 9.59 Å². The fraction of sp³-hybridized carbons (Fsp3) is 0.429. The minimum absolute atomic E-state index is 0.0704. The van der Waals surface area contributed by atoms with E-state index < -0.39 is 5.60 Å². The third-order valence-corrected chi connectivity index (χ3v) is 4.07. The summed E-state index contributed by atoms with van der Waals surface area (Å²) in [6.45, 7) is 2.40.